The summed E-state index contributed by atoms with van der Waals surface area (Å²) in [4.78, 5) is 24.4. The highest BCUT2D eigenvalue weighted by atomic mass is 16.6. The van der Waals surface area contributed by atoms with Crippen LogP contribution in [0.2, 0.25) is 0 Å². The van der Waals surface area contributed by atoms with Gasteiger partial charge in [0.25, 0.3) is 11.6 Å². The van der Waals surface area contributed by atoms with Gasteiger partial charge in [0.05, 0.1) is 17.7 Å². The van der Waals surface area contributed by atoms with Crippen molar-refractivity contribution >= 4 is 11.6 Å². The summed E-state index contributed by atoms with van der Waals surface area (Å²) in [5.41, 5.74) is 0.261. The molecule has 0 aliphatic heterocycles. The Morgan fingerprint density at radius 2 is 2.35 bits per heavy atom. The Morgan fingerprint density at radius 3 is 2.85 bits per heavy atom. The Balaban J connectivity index is 2.24. The highest BCUT2D eigenvalue weighted by Crippen LogP contribution is 2.30. The molecule has 0 bridgehead atoms. The zero-order chi connectivity index (χ0) is 14.7. The van der Waals surface area contributed by atoms with Gasteiger partial charge >= 0.3 is 0 Å². The van der Waals surface area contributed by atoms with Crippen molar-refractivity contribution in [1.29, 1.82) is 0 Å². The van der Waals surface area contributed by atoms with Crippen molar-refractivity contribution in [2.75, 3.05) is 13.1 Å². The summed E-state index contributed by atoms with van der Waals surface area (Å²) in [6, 6.07) is 1.32. The lowest BCUT2D eigenvalue weighted by atomic mass is 10.3. The number of nitro groups is 1. The molecule has 0 N–H and O–H groups in total. The monoisotopic (exact) mass is 275 g/mol. The molecule has 1 amide bonds. The fourth-order valence-electron chi connectivity index (χ4n) is 2.14. The lowest BCUT2D eigenvalue weighted by molar-refractivity contribution is -0.384. The van der Waals surface area contributed by atoms with Crippen LogP contribution in [0.4, 0.5) is 5.69 Å². The Bertz CT molecular complexity index is 567. The summed E-state index contributed by atoms with van der Waals surface area (Å²) in [6.07, 6.45) is 8.92. The van der Waals surface area contributed by atoms with E-state index in [2.05, 4.69) is 5.92 Å². The minimum absolute atomic E-state index is 0.0673. The van der Waals surface area contributed by atoms with E-state index in [1.807, 2.05) is 6.92 Å². The second-order valence-electron chi connectivity index (χ2n) is 4.96. The van der Waals surface area contributed by atoms with Gasteiger partial charge in [0, 0.05) is 19.2 Å². The number of terminal acetylenes is 1. The van der Waals surface area contributed by atoms with Crippen LogP contribution in [-0.4, -0.2) is 33.4 Å². The van der Waals surface area contributed by atoms with Crippen LogP contribution in [0.15, 0.2) is 12.3 Å². The molecule has 0 atom stereocenters. The third kappa shape index (κ3) is 2.99. The molecule has 6 nitrogen and oxygen atoms in total. The van der Waals surface area contributed by atoms with E-state index in [-0.39, 0.29) is 18.1 Å². The maximum Gasteiger partial charge on any atom is 0.287 e. The molecule has 6 heteroatoms. The van der Waals surface area contributed by atoms with E-state index in [9.17, 15) is 14.9 Å². The first-order valence-electron chi connectivity index (χ1n) is 6.64. The standard InChI is InChI=1S/C14H17N3O3/c1-3-7-16(9-11-5-6-11)14(18)13-8-12(17(19)20)10-15(13)4-2/h1,8,10-11H,4-7,9H2,2H3. The number of nitrogens with zero attached hydrogens (tertiary/aromatic N) is 3. The van der Waals surface area contributed by atoms with Gasteiger partial charge in [0.15, 0.2) is 0 Å². The average molecular weight is 275 g/mol. The lowest BCUT2D eigenvalue weighted by Gasteiger charge is -2.20. The number of carbonyl (C=O) groups is 1. The first-order chi connectivity index (χ1) is 9.56. The number of hydrogen-bond acceptors (Lipinski definition) is 3. The summed E-state index contributed by atoms with van der Waals surface area (Å²) in [6.45, 7) is 3.21. The highest BCUT2D eigenvalue weighted by Gasteiger charge is 2.29. The predicted octanol–water partition coefficient (Wildman–Crippen LogP) is 1.90. The van der Waals surface area contributed by atoms with Crippen molar-refractivity contribution in [2.45, 2.75) is 26.3 Å². The van der Waals surface area contributed by atoms with E-state index < -0.39 is 4.92 Å². The Kier molecular flexibility index (Phi) is 4.08. The summed E-state index contributed by atoms with van der Waals surface area (Å²) < 4.78 is 1.59. The highest BCUT2D eigenvalue weighted by molar-refractivity contribution is 5.93. The van der Waals surface area contributed by atoms with E-state index in [1.54, 1.807) is 9.47 Å². The molecule has 1 heterocycles. The molecule has 106 valence electrons. The van der Waals surface area contributed by atoms with Gasteiger partial charge in [0.2, 0.25) is 0 Å². The molecule has 2 rings (SSSR count). The number of rotatable bonds is 6. The molecule has 0 spiro atoms. The number of hydrogen-bond donors (Lipinski definition) is 0. The van der Waals surface area contributed by atoms with Crippen molar-refractivity contribution in [3.8, 4) is 12.3 Å². The van der Waals surface area contributed by atoms with Gasteiger partial charge in [0.1, 0.15) is 5.69 Å². The SMILES string of the molecule is C#CCN(CC1CC1)C(=O)c1cc([N+](=O)[O-])cn1CC. The maximum atomic E-state index is 12.5. The fraction of sp³-hybridized carbons (Fsp3) is 0.500. The van der Waals surface area contributed by atoms with Crippen molar-refractivity contribution in [1.82, 2.24) is 9.47 Å². The molecule has 1 aromatic rings. The summed E-state index contributed by atoms with van der Waals surface area (Å²) >= 11 is 0. The van der Waals surface area contributed by atoms with Gasteiger partial charge in [-0.25, -0.2) is 0 Å². The van der Waals surface area contributed by atoms with Gasteiger partial charge < -0.3 is 9.47 Å². The van der Waals surface area contributed by atoms with E-state index in [0.717, 1.165) is 12.8 Å². The van der Waals surface area contributed by atoms with E-state index >= 15 is 0 Å². The molecule has 0 unspecified atom stereocenters. The third-order valence-electron chi connectivity index (χ3n) is 3.40. The minimum Gasteiger partial charge on any atom is -0.337 e. The number of aromatic nitrogens is 1. The van der Waals surface area contributed by atoms with Gasteiger partial charge in [-0.3, -0.25) is 14.9 Å². The van der Waals surface area contributed by atoms with Crippen LogP contribution < -0.4 is 0 Å². The van der Waals surface area contributed by atoms with Crippen molar-refractivity contribution in [3.63, 3.8) is 0 Å². The van der Waals surface area contributed by atoms with Crippen LogP contribution in [-0.2, 0) is 6.54 Å². The molecule has 0 radical (unpaired) electrons. The van der Waals surface area contributed by atoms with Crippen LogP contribution in [0, 0.1) is 28.4 Å². The number of aryl methyl sites for hydroxylation is 1. The van der Waals surface area contributed by atoms with Gasteiger partial charge in [-0.05, 0) is 25.7 Å². The largest absolute Gasteiger partial charge is 0.337 e. The number of carbonyl (C=O) groups excluding carboxylic acids is 1. The molecule has 1 saturated carbocycles. The smallest absolute Gasteiger partial charge is 0.287 e. The topological polar surface area (TPSA) is 68.4 Å². The van der Waals surface area contributed by atoms with Crippen LogP contribution in [0.5, 0.6) is 0 Å². The molecule has 1 aliphatic carbocycles. The Morgan fingerprint density at radius 1 is 1.65 bits per heavy atom. The average Bonchev–Trinajstić information content (AvgIpc) is 3.12. The third-order valence-corrected chi connectivity index (χ3v) is 3.40. The first-order valence-corrected chi connectivity index (χ1v) is 6.64. The quantitative estimate of drug-likeness (QED) is 0.452. The zero-order valence-corrected chi connectivity index (χ0v) is 11.4. The van der Waals surface area contributed by atoms with Crippen LogP contribution in [0.1, 0.15) is 30.3 Å². The zero-order valence-electron chi connectivity index (χ0n) is 11.4. The van der Waals surface area contributed by atoms with E-state index in [0.29, 0.717) is 24.7 Å². The fourth-order valence-corrected chi connectivity index (χ4v) is 2.14. The van der Waals surface area contributed by atoms with Crippen LogP contribution in [0.25, 0.3) is 0 Å². The van der Waals surface area contributed by atoms with Gasteiger partial charge in [-0.1, -0.05) is 5.92 Å². The van der Waals surface area contributed by atoms with Crippen molar-refractivity contribution in [3.05, 3.63) is 28.1 Å². The van der Waals surface area contributed by atoms with E-state index in [4.69, 9.17) is 6.42 Å². The summed E-state index contributed by atoms with van der Waals surface area (Å²) in [5, 5.41) is 10.8. The summed E-state index contributed by atoms with van der Waals surface area (Å²) in [5.74, 6) is 2.77. The van der Waals surface area contributed by atoms with Crippen molar-refractivity contribution < 1.29 is 9.72 Å². The molecule has 20 heavy (non-hydrogen) atoms. The molecule has 1 aromatic heterocycles. The first kappa shape index (κ1) is 14.1. The Labute approximate surface area is 117 Å². The second-order valence-corrected chi connectivity index (χ2v) is 4.96. The lowest BCUT2D eigenvalue weighted by Crippen LogP contribution is -2.34. The molecular formula is C14H17N3O3. The van der Waals surface area contributed by atoms with E-state index in [1.165, 1.54) is 12.3 Å². The minimum atomic E-state index is -0.491. The molecule has 0 saturated heterocycles. The second kappa shape index (κ2) is 5.78. The summed E-state index contributed by atoms with van der Waals surface area (Å²) in [7, 11) is 0. The van der Waals surface area contributed by atoms with Gasteiger partial charge in [-0.2, -0.15) is 0 Å². The molecule has 0 aromatic carbocycles. The molecule has 1 aliphatic rings. The molecular weight excluding hydrogens is 258 g/mol. The normalized spacial score (nSPS) is 13.8. The Hall–Kier alpha value is -2.29. The predicted molar refractivity (Wildman–Crippen MR) is 74.2 cm³/mol. The van der Waals surface area contributed by atoms with Crippen LogP contribution in [0.3, 0.4) is 0 Å². The van der Waals surface area contributed by atoms with Gasteiger partial charge in [-0.15, -0.1) is 6.42 Å². The molecule has 1 fully saturated rings. The number of amides is 1. The van der Waals surface area contributed by atoms with Crippen molar-refractivity contribution in [2.24, 2.45) is 5.92 Å². The van der Waals surface area contributed by atoms with Crippen LogP contribution >= 0.6 is 0 Å². The maximum absolute atomic E-state index is 12.5.